The summed E-state index contributed by atoms with van der Waals surface area (Å²) in [4.78, 5) is 15.1. The number of rotatable bonds is 4. The monoisotopic (exact) mass is 278 g/mol. The highest BCUT2D eigenvalue weighted by molar-refractivity contribution is 5.89. The topological polar surface area (TPSA) is 82.5 Å². The van der Waals surface area contributed by atoms with Gasteiger partial charge in [-0.15, -0.1) is 0 Å². The minimum absolute atomic E-state index is 0.209. The second-order valence-corrected chi connectivity index (χ2v) is 5.90. The van der Waals surface area contributed by atoms with Crippen LogP contribution in [0.3, 0.4) is 0 Å². The zero-order chi connectivity index (χ0) is 14.8. The number of hydrogen-bond donors (Lipinski definition) is 3. The Morgan fingerprint density at radius 1 is 1.45 bits per heavy atom. The molecule has 1 fully saturated rings. The van der Waals surface area contributed by atoms with E-state index in [2.05, 4.69) is 17.2 Å². The van der Waals surface area contributed by atoms with Crippen LogP contribution in [-0.2, 0) is 0 Å². The molecule has 0 bridgehead atoms. The normalized spacial score (nSPS) is 26.2. The number of aryl methyl sites for hydroxylation is 1. The van der Waals surface area contributed by atoms with E-state index in [1.165, 1.54) is 0 Å². The van der Waals surface area contributed by atoms with Crippen molar-refractivity contribution in [2.24, 2.45) is 5.92 Å². The maximum atomic E-state index is 10.9. The van der Waals surface area contributed by atoms with Gasteiger partial charge in [0.15, 0.2) is 0 Å². The fourth-order valence-corrected chi connectivity index (χ4v) is 2.62. The number of pyridine rings is 1. The van der Waals surface area contributed by atoms with Gasteiger partial charge in [0.1, 0.15) is 5.82 Å². The molecule has 0 saturated heterocycles. The van der Waals surface area contributed by atoms with E-state index >= 15 is 0 Å². The predicted molar refractivity (Wildman–Crippen MR) is 77.0 cm³/mol. The van der Waals surface area contributed by atoms with Crippen LogP contribution in [0.15, 0.2) is 12.1 Å². The van der Waals surface area contributed by atoms with Gasteiger partial charge < -0.3 is 15.5 Å². The maximum Gasteiger partial charge on any atom is 0.337 e. The van der Waals surface area contributed by atoms with E-state index in [4.69, 9.17) is 5.11 Å². The van der Waals surface area contributed by atoms with Crippen LogP contribution in [0.4, 0.5) is 5.82 Å². The van der Waals surface area contributed by atoms with E-state index < -0.39 is 11.6 Å². The summed E-state index contributed by atoms with van der Waals surface area (Å²) in [5.74, 6) is 0.325. The van der Waals surface area contributed by atoms with E-state index in [1.54, 1.807) is 19.1 Å². The smallest absolute Gasteiger partial charge is 0.337 e. The van der Waals surface area contributed by atoms with Crippen LogP contribution in [0.2, 0.25) is 0 Å². The fraction of sp³-hybridized carbons (Fsp3) is 0.600. The summed E-state index contributed by atoms with van der Waals surface area (Å²) in [6.45, 7) is 4.34. The second-order valence-electron chi connectivity index (χ2n) is 5.90. The third-order valence-corrected chi connectivity index (χ3v) is 4.12. The zero-order valence-electron chi connectivity index (χ0n) is 12.0. The first-order chi connectivity index (χ1) is 9.39. The lowest BCUT2D eigenvalue weighted by Crippen LogP contribution is -2.40. The Hall–Kier alpha value is -1.62. The molecule has 5 nitrogen and oxygen atoms in total. The molecule has 0 radical (unpaired) electrons. The third kappa shape index (κ3) is 3.48. The number of carboxylic acids is 1. The molecule has 0 spiro atoms. The summed E-state index contributed by atoms with van der Waals surface area (Å²) in [5.41, 5.74) is 0.0145. The summed E-state index contributed by atoms with van der Waals surface area (Å²) >= 11 is 0. The lowest BCUT2D eigenvalue weighted by atomic mass is 9.79. The number of carbonyl (C=O) groups is 1. The lowest BCUT2D eigenvalue weighted by Gasteiger charge is -2.35. The van der Waals surface area contributed by atoms with Crippen molar-refractivity contribution >= 4 is 11.8 Å². The van der Waals surface area contributed by atoms with Gasteiger partial charge in [-0.05, 0) is 50.7 Å². The minimum atomic E-state index is -0.971. The molecule has 1 aromatic rings. The van der Waals surface area contributed by atoms with Crippen LogP contribution in [0.25, 0.3) is 0 Å². The van der Waals surface area contributed by atoms with Crippen molar-refractivity contribution < 1.29 is 15.0 Å². The number of hydrogen-bond acceptors (Lipinski definition) is 4. The molecular formula is C15H22N2O3. The van der Waals surface area contributed by atoms with E-state index in [1.807, 2.05) is 0 Å². The average molecular weight is 278 g/mol. The van der Waals surface area contributed by atoms with Gasteiger partial charge in [-0.1, -0.05) is 6.92 Å². The summed E-state index contributed by atoms with van der Waals surface area (Å²) in [5, 5.41) is 22.6. The van der Waals surface area contributed by atoms with E-state index in [-0.39, 0.29) is 5.56 Å². The first-order valence-corrected chi connectivity index (χ1v) is 7.07. The van der Waals surface area contributed by atoms with Crippen molar-refractivity contribution in [3.05, 3.63) is 23.4 Å². The zero-order valence-corrected chi connectivity index (χ0v) is 12.0. The van der Waals surface area contributed by atoms with Gasteiger partial charge in [-0.25, -0.2) is 9.78 Å². The standard InChI is InChI=1S/C15H22N2O3/c1-10-5-7-15(20,8-6-10)9-16-13-4-3-12(14(18)19)11(2)17-13/h3-4,10,20H,5-9H2,1-2H3,(H,16,17)(H,18,19). The van der Waals surface area contributed by atoms with Gasteiger partial charge in [-0.2, -0.15) is 0 Å². The number of aromatic nitrogens is 1. The molecule has 0 aliphatic heterocycles. The Bertz CT molecular complexity index is 494. The van der Waals surface area contributed by atoms with Gasteiger partial charge in [0.05, 0.1) is 16.9 Å². The number of nitrogens with zero attached hydrogens (tertiary/aromatic N) is 1. The Morgan fingerprint density at radius 2 is 2.10 bits per heavy atom. The highest BCUT2D eigenvalue weighted by Gasteiger charge is 2.31. The molecular weight excluding hydrogens is 256 g/mol. The number of anilines is 1. The molecule has 3 N–H and O–H groups in total. The van der Waals surface area contributed by atoms with E-state index in [0.29, 0.717) is 24.0 Å². The summed E-state index contributed by atoms with van der Waals surface area (Å²) < 4.78 is 0. The molecule has 1 aromatic heterocycles. The Morgan fingerprint density at radius 3 is 2.65 bits per heavy atom. The number of aromatic carboxylic acids is 1. The molecule has 1 heterocycles. The summed E-state index contributed by atoms with van der Waals surface area (Å²) in [7, 11) is 0. The highest BCUT2D eigenvalue weighted by Crippen LogP contribution is 2.31. The van der Waals surface area contributed by atoms with Crippen molar-refractivity contribution in [1.29, 1.82) is 0 Å². The van der Waals surface area contributed by atoms with Gasteiger partial charge in [0.25, 0.3) is 0 Å². The van der Waals surface area contributed by atoms with Crippen molar-refractivity contribution in [2.75, 3.05) is 11.9 Å². The first kappa shape index (κ1) is 14.8. The molecule has 5 heteroatoms. The van der Waals surface area contributed by atoms with Gasteiger partial charge in [0, 0.05) is 6.54 Å². The molecule has 1 saturated carbocycles. The first-order valence-electron chi connectivity index (χ1n) is 7.07. The van der Waals surface area contributed by atoms with Crippen LogP contribution in [0.5, 0.6) is 0 Å². The molecule has 20 heavy (non-hydrogen) atoms. The largest absolute Gasteiger partial charge is 0.478 e. The van der Waals surface area contributed by atoms with Crippen LogP contribution in [0, 0.1) is 12.8 Å². The second kappa shape index (κ2) is 5.79. The predicted octanol–water partition coefficient (Wildman–Crippen LogP) is 2.44. The molecule has 0 atom stereocenters. The summed E-state index contributed by atoms with van der Waals surface area (Å²) in [6.07, 6.45) is 3.69. The number of nitrogens with one attached hydrogen (secondary N) is 1. The molecule has 2 rings (SSSR count). The fourth-order valence-electron chi connectivity index (χ4n) is 2.62. The number of aliphatic hydroxyl groups is 1. The molecule has 1 aliphatic carbocycles. The van der Waals surface area contributed by atoms with Crippen LogP contribution >= 0.6 is 0 Å². The lowest BCUT2D eigenvalue weighted by molar-refractivity contribution is 0.00493. The van der Waals surface area contributed by atoms with Crippen LogP contribution in [0.1, 0.15) is 48.7 Å². The molecule has 0 aromatic carbocycles. The van der Waals surface area contributed by atoms with E-state index in [0.717, 1.165) is 25.7 Å². The number of carboxylic acid groups (broad SMARTS) is 1. The van der Waals surface area contributed by atoms with Crippen molar-refractivity contribution in [1.82, 2.24) is 4.98 Å². The van der Waals surface area contributed by atoms with Crippen molar-refractivity contribution in [2.45, 2.75) is 45.1 Å². The van der Waals surface area contributed by atoms with E-state index in [9.17, 15) is 9.90 Å². The van der Waals surface area contributed by atoms with Crippen LogP contribution in [-0.4, -0.2) is 33.3 Å². The molecule has 1 aliphatic rings. The SMILES string of the molecule is Cc1nc(NCC2(O)CCC(C)CC2)ccc1C(=O)O. The van der Waals surface area contributed by atoms with Gasteiger partial charge in [0.2, 0.25) is 0 Å². The minimum Gasteiger partial charge on any atom is -0.478 e. The highest BCUT2D eigenvalue weighted by atomic mass is 16.4. The average Bonchev–Trinajstić information content (AvgIpc) is 2.40. The van der Waals surface area contributed by atoms with Crippen molar-refractivity contribution in [3.63, 3.8) is 0 Å². The van der Waals surface area contributed by atoms with Gasteiger partial charge in [-0.3, -0.25) is 0 Å². The molecule has 110 valence electrons. The third-order valence-electron chi connectivity index (χ3n) is 4.12. The molecule has 0 amide bonds. The quantitative estimate of drug-likeness (QED) is 0.788. The van der Waals surface area contributed by atoms with Crippen LogP contribution < -0.4 is 5.32 Å². The summed E-state index contributed by atoms with van der Waals surface area (Å²) in [6, 6.07) is 3.19. The Labute approximate surface area is 119 Å². The Kier molecular flexibility index (Phi) is 4.28. The maximum absolute atomic E-state index is 10.9. The van der Waals surface area contributed by atoms with Crippen molar-refractivity contribution in [3.8, 4) is 0 Å². The molecule has 0 unspecified atom stereocenters. The van der Waals surface area contributed by atoms with Gasteiger partial charge >= 0.3 is 5.97 Å². The Balaban J connectivity index is 1.97.